The molecule has 0 aromatic carbocycles. The molecule has 0 spiro atoms. The molecule has 19 heavy (non-hydrogen) atoms. The summed E-state index contributed by atoms with van der Waals surface area (Å²) in [5, 5.41) is 4.01. The molecule has 5 nitrogen and oxygen atoms in total. The Hall–Kier alpha value is -1.11. The van der Waals surface area contributed by atoms with Crippen LogP contribution in [-0.2, 0) is 16.1 Å². The van der Waals surface area contributed by atoms with E-state index in [0.29, 0.717) is 12.4 Å². The van der Waals surface area contributed by atoms with Crippen LogP contribution >= 0.6 is 15.9 Å². The predicted molar refractivity (Wildman–Crippen MR) is 70.3 cm³/mol. The van der Waals surface area contributed by atoms with E-state index < -0.39 is 0 Å². The van der Waals surface area contributed by atoms with Crippen molar-refractivity contribution in [3.05, 3.63) is 28.8 Å². The van der Waals surface area contributed by atoms with E-state index in [2.05, 4.69) is 21.1 Å². The molecule has 0 aliphatic carbocycles. The first-order chi connectivity index (χ1) is 9.34. The van der Waals surface area contributed by atoms with Crippen LogP contribution in [0.2, 0.25) is 0 Å². The van der Waals surface area contributed by atoms with Gasteiger partial charge in [-0.25, -0.2) is 0 Å². The monoisotopic (exact) mass is 327 g/mol. The summed E-state index contributed by atoms with van der Waals surface area (Å²) in [6.45, 7) is 1.14. The second kappa shape index (κ2) is 5.90. The smallest absolute Gasteiger partial charge is 0.184 e. The standard InChI is InChI=1S/C13H14BrNO4/c14-12-10(8-18-11-3-1-2-5-17-11)15-19-13(12)9-4-6-16-7-9/h4,6-7,11H,1-3,5,8H2. The van der Waals surface area contributed by atoms with Crippen LogP contribution in [0, 0.1) is 0 Å². The number of rotatable bonds is 4. The molecule has 1 saturated heterocycles. The van der Waals surface area contributed by atoms with E-state index in [-0.39, 0.29) is 6.29 Å². The maximum absolute atomic E-state index is 5.68. The highest BCUT2D eigenvalue weighted by Gasteiger charge is 2.19. The van der Waals surface area contributed by atoms with Gasteiger partial charge in [-0.2, -0.15) is 0 Å². The molecule has 0 N–H and O–H groups in total. The fraction of sp³-hybridized carbons (Fsp3) is 0.462. The number of hydrogen-bond acceptors (Lipinski definition) is 5. The number of halogens is 1. The maximum atomic E-state index is 5.68. The normalized spacial score (nSPS) is 19.7. The summed E-state index contributed by atoms with van der Waals surface area (Å²) in [6, 6.07) is 1.82. The molecular formula is C13H14BrNO4. The molecular weight excluding hydrogens is 314 g/mol. The Balaban J connectivity index is 1.65. The van der Waals surface area contributed by atoms with E-state index in [0.717, 1.165) is 41.6 Å². The second-order valence-corrected chi connectivity index (χ2v) is 5.18. The fourth-order valence-corrected chi connectivity index (χ4v) is 2.48. The Kier molecular flexibility index (Phi) is 4.00. The summed E-state index contributed by atoms with van der Waals surface area (Å²) < 4.78 is 22.3. The lowest BCUT2D eigenvalue weighted by atomic mass is 10.2. The lowest BCUT2D eigenvalue weighted by molar-refractivity contribution is -0.169. The first kappa shape index (κ1) is 12.9. The van der Waals surface area contributed by atoms with Gasteiger partial charge in [0.25, 0.3) is 0 Å². The number of hydrogen-bond donors (Lipinski definition) is 0. The summed E-state index contributed by atoms with van der Waals surface area (Å²) in [6.07, 6.45) is 6.26. The highest BCUT2D eigenvalue weighted by Crippen LogP contribution is 2.32. The van der Waals surface area contributed by atoms with E-state index in [4.69, 9.17) is 18.4 Å². The van der Waals surface area contributed by atoms with Gasteiger partial charge in [-0.05, 0) is 41.3 Å². The summed E-state index contributed by atoms with van der Waals surface area (Å²) in [5.41, 5.74) is 1.57. The van der Waals surface area contributed by atoms with Crippen molar-refractivity contribution < 1.29 is 18.4 Å². The molecule has 102 valence electrons. The lowest BCUT2D eigenvalue weighted by Gasteiger charge is -2.22. The Morgan fingerprint density at radius 3 is 3.11 bits per heavy atom. The van der Waals surface area contributed by atoms with Crippen LogP contribution in [-0.4, -0.2) is 18.1 Å². The van der Waals surface area contributed by atoms with Crippen LogP contribution in [0.3, 0.4) is 0 Å². The van der Waals surface area contributed by atoms with Crippen LogP contribution in [0.4, 0.5) is 0 Å². The van der Waals surface area contributed by atoms with Gasteiger partial charge in [0, 0.05) is 6.61 Å². The summed E-state index contributed by atoms with van der Waals surface area (Å²) in [7, 11) is 0. The minimum atomic E-state index is -0.130. The van der Waals surface area contributed by atoms with Gasteiger partial charge in [0.15, 0.2) is 12.1 Å². The second-order valence-electron chi connectivity index (χ2n) is 4.39. The van der Waals surface area contributed by atoms with E-state index in [1.54, 1.807) is 12.5 Å². The first-order valence-corrected chi connectivity index (χ1v) is 7.03. The predicted octanol–water partition coefficient (Wildman–Crippen LogP) is 3.74. The summed E-state index contributed by atoms with van der Waals surface area (Å²) in [4.78, 5) is 0. The molecule has 0 saturated carbocycles. The first-order valence-electron chi connectivity index (χ1n) is 6.24. The van der Waals surface area contributed by atoms with Crippen molar-refractivity contribution >= 4 is 15.9 Å². The molecule has 1 unspecified atom stereocenters. The van der Waals surface area contributed by atoms with Gasteiger partial charge < -0.3 is 18.4 Å². The van der Waals surface area contributed by atoms with E-state index in [1.165, 1.54) is 0 Å². The van der Waals surface area contributed by atoms with Crippen molar-refractivity contribution in [1.29, 1.82) is 0 Å². The zero-order chi connectivity index (χ0) is 13.1. The molecule has 1 aliphatic rings. The van der Waals surface area contributed by atoms with Crippen LogP contribution < -0.4 is 0 Å². The van der Waals surface area contributed by atoms with E-state index >= 15 is 0 Å². The summed E-state index contributed by atoms with van der Waals surface area (Å²) >= 11 is 3.48. The third-order valence-corrected chi connectivity index (χ3v) is 3.84. The number of ether oxygens (including phenoxy) is 2. The Bertz CT molecular complexity index is 517. The van der Waals surface area contributed by atoms with Crippen molar-refractivity contribution in [2.75, 3.05) is 6.61 Å². The molecule has 6 heteroatoms. The molecule has 0 radical (unpaired) electrons. The summed E-state index contributed by atoms with van der Waals surface area (Å²) in [5.74, 6) is 0.650. The quantitative estimate of drug-likeness (QED) is 0.856. The van der Waals surface area contributed by atoms with Gasteiger partial charge in [-0.3, -0.25) is 0 Å². The van der Waals surface area contributed by atoms with Gasteiger partial charge in [0.2, 0.25) is 0 Å². The average Bonchev–Trinajstić information content (AvgIpc) is 3.07. The molecule has 2 aromatic heterocycles. The van der Waals surface area contributed by atoms with Crippen LogP contribution in [0.5, 0.6) is 0 Å². The number of aromatic nitrogens is 1. The fourth-order valence-electron chi connectivity index (χ4n) is 1.99. The van der Waals surface area contributed by atoms with Gasteiger partial charge in [-0.1, -0.05) is 5.16 Å². The topological polar surface area (TPSA) is 57.6 Å². The SMILES string of the molecule is Brc1c(COC2CCCCO2)noc1-c1ccoc1. The maximum Gasteiger partial charge on any atom is 0.184 e. The van der Waals surface area contributed by atoms with Crippen molar-refractivity contribution in [3.8, 4) is 11.3 Å². The molecule has 0 bridgehead atoms. The lowest BCUT2D eigenvalue weighted by Crippen LogP contribution is -2.22. The zero-order valence-corrected chi connectivity index (χ0v) is 11.9. The molecule has 1 atom stereocenters. The van der Waals surface area contributed by atoms with Gasteiger partial charge in [0.05, 0.1) is 22.9 Å². The molecule has 3 heterocycles. The Labute approximate surface area is 119 Å². The van der Waals surface area contributed by atoms with Crippen molar-refractivity contribution in [3.63, 3.8) is 0 Å². The Morgan fingerprint density at radius 2 is 2.37 bits per heavy atom. The van der Waals surface area contributed by atoms with Crippen molar-refractivity contribution in [2.24, 2.45) is 0 Å². The minimum absolute atomic E-state index is 0.130. The average molecular weight is 328 g/mol. The highest BCUT2D eigenvalue weighted by atomic mass is 79.9. The molecule has 0 amide bonds. The van der Waals surface area contributed by atoms with Crippen LogP contribution in [0.15, 0.2) is 32.0 Å². The molecule has 2 aromatic rings. The third-order valence-electron chi connectivity index (χ3n) is 3.03. The minimum Gasteiger partial charge on any atom is -0.472 e. The highest BCUT2D eigenvalue weighted by molar-refractivity contribution is 9.10. The van der Waals surface area contributed by atoms with Gasteiger partial charge >= 0.3 is 0 Å². The van der Waals surface area contributed by atoms with Crippen LogP contribution in [0.25, 0.3) is 11.3 Å². The van der Waals surface area contributed by atoms with Gasteiger partial charge in [-0.15, -0.1) is 0 Å². The van der Waals surface area contributed by atoms with E-state index in [1.807, 2.05) is 6.07 Å². The largest absolute Gasteiger partial charge is 0.472 e. The van der Waals surface area contributed by atoms with Gasteiger partial charge in [0.1, 0.15) is 12.0 Å². The molecule has 1 aliphatic heterocycles. The third kappa shape index (κ3) is 2.91. The van der Waals surface area contributed by atoms with Crippen molar-refractivity contribution in [2.45, 2.75) is 32.2 Å². The van der Waals surface area contributed by atoms with Crippen molar-refractivity contribution in [1.82, 2.24) is 5.16 Å². The Morgan fingerprint density at radius 1 is 1.42 bits per heavy atom. The van der Waals surface area contributed by atoms with Crippen LogP contribution in [0.1, 0.15) is 25.0 Å². The molecule has 3 rings (SSSR count). The zero-order valence-electron chi connectivity index (χ0n) is 10.3. The van der Waals surface area contributed by atoms with E-state index in [9.17, 15) is 0 Å². The number of furan rings is 1. The number of nitrogens with zero attached hydrogens (tertiary/aromatic N) is 1. The molecule has 1 fully saturated rings.